The second-order valence-electron chi connectivity index (χ2n) is 4.90. The van der Waals surface area contributed by atoms with Gasteiger partial charge in [0.25, 0.3) is 0 Å². The van der Waals surface area contributed by atoms with Crippen molar-refractivity contribution < 1.29 is 9.47 Å². The summed E-state index contributed by atoms with van der Waals surface area (Å²) in [5.74, 6) is 0.804. The van der Waals surface area contributed by atoms with Crippen molar-refractivity contribution in [3.05, 3.63) is 23.8 Å². The number of likely N-dealkylation sites (N-methyl/N-ethyl adjacent to an activating group) is 1. The maximum absolute atomic E-state index is 6.02. The normalized spacial score (nSPS) is 19.4. The minimum atomic E-state index is 0.384. The Hall–Kier alpha value is -1.26. The van der Waals surface area contributed by atoms with Gasteiger partial charge in [-0.2, -0.15) is 0 Å². The van der Waals surface area contributed by atoms with Crippen LogP contribution >= 0.6 is 0 Å². The second kappa shape index (κ2) is 6.07. The largest absolute Gasteiger partial charge is 0.497 e. The van der Waals surface area contributed by atoms with Crippen molar-refractivity contribution in [3.63, 3.8) is 0 Å². The second-order valence-corrected chi connectivity index (χ2v) is 4.90. The van der Waals surface area contributed by atoms with Gasteiger partial charge in [-0.05, 0) is 31.5 Å². The zero-order valence-corrected chi connectivity index (χ0v) is 11.2. The van der Waals surface area contributed by atoms with Gasteiger partial charge in [0.05, 0.1) is 13.2 Å². The van der Waals surface area contributed by atoms with Crippen LogP contribution in [0.1, 0.15) is 18.4 Å². The molecule has 0 saturated carbocycles. The highest BCUT2D eigenvalue weighted by Crippen LogP contribution is 2.21. The fourth-order valence-corrected chi connectivity index (χ4v) is 2.34. The van der Waals surface area contributed by atoms with Crippen LogP contribution in [0.3, 0.4) is 0 Å². The standard InChI is InChI=1S/C14H22N2O2/c1-16(10-13-4-3-7-18-13)9-11-5-6-12(17-2)8-14(11)15/h5-6,8,13H,3-4,7,9-10,15H2,1-2H3. The lowest BCUT2D eigenvalue weighted by molar-refractivity contribution is 0.0793. The molecule has 1 heterocycles. The molecule has 1 unspecified atom stereocenters. The highest BCUT2D eigenvalue weighted by molar-refractivity contribution is 5.51. The fourth-order valence-electron chi connectivity index (χ4n) is 2.34. The van der Waals surface area contributed by atoms with E-state index in [9.17, 15) is 0 Å². The first-order valence-corrected chi connectivity index (χ1v) is 6.41. The summed E-state index contributed by atoms with van der Waals surface area (Å²) in [4.78, 5) is 2.26. The molecule has 4 nitrogen and oxygen atoms in total. The Morgan fingerprint density at radius 1 is 1.50 bits per heavy atom. The van der Waals surface area contributed by atoms with E-state index in [1.54, 1.807) is 7.11 Å². The average Bonchev–Trinajstić information content (AvgIpc) is 2.84. The summed E-state index contributed by atoms with van der Waals surface area (Å²) in [6.07, 6.45) is 2.74. The Labute approximate surface area is 109 Å². The summed E-state index contributed by atoms with van der Waals surface area (Å²) < 4.78 is 10.8. The minimum Gasteiger partial charge on any atom is -0.497 e. The fraction of sp³-hybridized carbons (Fsp3) is 0.571. The van der Waals surface area contributed by atoms with Crippen LogP contribution in [-0.4, -0.2) is 38.3 Å². The minimum absolute atomic E-state index is 0.384. The Kier molecular flexibility index (Phi) is 4.44. The zero-order chi connectivity index (χ0) is 13.0. The van der Waals surface area contributed by atoms with Gasteiger partial charge in [-0.25, -0.2) is 0 Å². The number of benzene rings is 1. The van der Waals surface area contributed by atoms with E-state index < -0.39 is 0 Å². The number of anilines is 1. The maximum atomic E-state index is 6.02. The van der Waals surface area contributed by atoms with Gasteiger partial charge in [-0.15, -0.1) is 0 Å². The number of nitrogens with two attached hydrogens (primary N) is 1. The van der Waals surface area contributed by atoms with Gasteiger partial charge < -0.3 is 15.2 Å². The molecule has 1 aromatic rings. The molecule has 1 aromatic carbocycles. The lowest BCUT2D eigenvalue weighted by Crippen LogP contribution is -2.28. The van der Waals surface area contributed by atoms with Crippen LogP contribution in [0.5, 0.6) is 5.75 Å². The van der Waals surface area contributed by atoms with E-state index in [0.29, 0.717) is 6.10 Å². The molecule has 2 rings (SSSR count). The summed E-state index contributed by atoms with van der Waals surface area (Å²) in [5.41, 5.74) is 7.94. The summed E-state index contributed by atoms with van der Waals surface area (Å²) in [6.45, 7) is 2.71. The molecule has 4 heteroatoms. The first kappa shape index (κ1) is 13.2. The van der Waals surface area contributed by atoms with Gasteiger partial charge >= 0.3 is 0 Å². The van der Waals surface area contributed by atoms with E-state index >= 15 is 0 Å². The van der Waals surface area contributed by atoms with Gasteiger partial charge in [-0.1, -0.05) is 6.07 Å². The Morgan fingerprint density at radius 2 is 2.33 bits per heavy atom. The van der Waals surface area contributed by atoms with Gasteiger partial charge in [0, 0.05) is 31.5 Å². The maximum Gasteiger partial charge on any atom is 0.120 e. The van der Waals surface area contributed by atoms with Gasteiger partial charge in [-0.3, -0.25) is 4.90 Å². The van der Waals surface area contributed by atoms with Gasteiger partial charge in [0.15, 0.2) is 0 Å². The quantitative estimate of drug-likeness (QED) is 0.811. The van der Waals surface area contributed by atoms with E-state index in [-0.39, 0.29) is 0 Å². The molecule has 1 aliphatic rings. The van der Waals surface area contributed by atoms with E-state index in [1.807, 2.05) is 18.2 Å². The van der Waals surface area contributed by atoms with Crippen LogP contribution < -0.4 is 10.5 Å². The summed E-state index contributed by atoms with van der Waals surface area (Å²) in [6, 6.07) is 5.85. The number of nitrogens with zero attached hydrogens (tertiary/aromatic N) is 1. The molecule has 18 heavy (non-hydrogen) atoms. The molecule has 0 radical (unpaired) electrons. The third-order valence-corrected chi connectivity index (χ3v) is 3.33. The molecule has 1 saturated heterocycles. The first-order valence-electron chi connectivity index (χ1n) is 6.41. The Bertz CT molecular complexity index is 389. The van der Waals surface area contributed by atoms with Crippen molar-refractivity contribution >= 4 is 5.69 Å². The zero-order valence-electron chi connectivity index (χ0n) is 11.2. The molecular weight excluding hydrogens is 228 g/mol. The molecule has 0 bridgehead atoms. The van der Waals surface area contributed by atoms with Crippen LogP contribution in [0.25, 0.3) is 0 Å². The predicted molar refractivity (Wildman–Crippen MR) is 72.7 cm³/mol. The van der Waals surface area contributed by atoms with E-state index in [4.69, 9.17) is 15.2 Å². The van der Waals surface area contributed by atoms with Crippen molar-refractivity contribution in [3.8, 4) is 5.75 Å². The first-order chi connectivity index (χ1) is 8.69. The van der Waals surface area contributed by atoms with Crippen molar-refractivity contribution in [2.75, 3.05) is 33.0 Å². The van der Waals surface area contributed by atoms with Crippen molar-refractivity contribution in [2.45, 2.75) is 25.5 Å². The van der Waals surface area contributed by atoms with E-state index in [1.165, 1.54) is 12.8 Å². The van der Waals surface area contributed by atoms with Crippen LogP contribution in [0.2, 0.25) is 0 Å². The summed E-state index contributed by atoms with van der Waals surface area (Å²) in [7, 11) is 3.75. The molecule has 100 valence electrons. The van der Waals surface area contributed by atoms with Crippen molar-refractivity contribution in [1.29, 1.82) is 0 Å². The topological polar surface area (TPSA) is 47.7 Å². The lowest BCUT2D eigenvalue weighted by Gasteiger charge is -2.21. The molecule has 0 amide bonds. The highest BCUT2D eigenvalue weighted by Gasteiger charge is 2.17. The lowest BCUT2D eigenvalue weighted by atomic mass is 10.1. The Morgan fingerprint density at radius 3 is 2.94 bits per heavy atom. The van der Waals surface area contributed by atoms with Crippen molar-refractivity contribution in [2.24, 2.45) is 0 Å². The molecule has 1 atom stereocenters. The van der Waals surface area contributed by atoms with Gasteiger partial charge in [0.2, 0.25) is 0 Å². The average molecular weight is 250 g/mol. The molecule has 2 N–H and O–H groups in total. The predicted octanol–water partition coefficient (Wildman–Crippen LogP) is 1.89. The summed E-state index contributed by atoms with van der Waals surface area (Å²) in [5, 5.41) is 0. The molecular formula is C14H22N2O2. The number of rotatable bonds is 5. The smallest absolute Gasteiger partial charge is 0.120 e. The summed E-state index contributed by atoms with van der Waals surface area (Å²) >= 11 is 0. The molecule has 1 fully saturated rings. The highest BCUT2D eigenvalue weighted by atomic mass is 16.5. The third-order valence-electron chi connectivity index (χ3n) is 3.33. The van der Waals surface area contributed by atoms with Crippen LogP contribution in [0, 0.1) is 0 Å². The van der Waals surface area contributed by atoms with Gasteiger partial charge in [0.1, 0.15) is 5.75 Å². The SMILES string of the molecule is COc1ccc(CN(C)CC2CCCO2)c(N)c1. The van der Waals surface area contributed by atoms with E-state index in [2.05, 4.69) is 11.9 Å². The van der Waals surface area contributed by atoms with Crippen molar-refractivity contribution in [1.82, 2.24) is 4.90 Å². The van der Waals surface area contributed by atoms with Crippen LogP contribution in [-0.2, 0) is 11.3 Å². The van der Waals surface area contributed by atoms with E-state index in [0.717, 1.165) is 36.7 Å². The molecule has 1 aliphatic heterocycles. The molecule has 0 aliphatic carbocycles. The third kappa shape index (κ3) is 3.37. The number of hydrogen-bond acceptors (Lipinski definition) is 4. The number of nitrogen functional groups attached to an aromatic ring is 1. The number of ether oxygens (including phenoxy) is 2. The monoisotopic (exact) mass is 250 g/mol. The molecule has 0 spiro atoms. The van der Waals surface area contributed by atoms with Crippen LogP contribution in [0.15, 0.2) is 18.2 Å². The number of hydrogen-bond donors (Lipinski definition) is 1. The Balaban J connectivity index is 1.91. The van der Waals surface area contributed by atoms with Crippen LogP contribution in [0.4, 0.5) is 5.69 Å². The number of methoxy groups -OCH3 is 1. The molecule has 0 aromatic heterocycles.